The summed E-state index contributed by atoms with van der Waals surface area (Å²) in [6.07, 6.45) is 4.45. The zero-order valence-corrected chi connectivity index (χ0v) is 16.0. The summed E-state index contributed by atoms with van der Waals surface area (Å²) in [7, 11) is 0. The molecule has 1 saturated carbocycles. The van der Waals surface area contributed by atoms with Gasteiger partial charge in [-0.1, -0.05) is 13.8 Å². The molecule has 2 N–H and O–H groups in total. The first-order chi connectivity index (χ1) is 11.6. The Kier molecular flexibility index (Phi) is 9.53. The Hall–Kier alpha value is -1.59. The van der Waals surface area contributed by atoms with E-state index in [9.17, 15) is 9.59 Å². The number of anilines is 1. The van der Waals surface area contributed by atoms with Crippen molar-refractivity contribution in [2.24, 2.45) is 5.92 Å². The highest BCUT2D eigenvalue weighted by molar-refractivity contribution is 5.96. The lowest BCUT2D eigenvalue weighted by atomic mass is 10.1. The topological polar surface area (TPSA) is 61.4 Å². The number of carbonyl (C=O) groups is 2. The normalized spacial score (nSPS) is 13.0. The second-order valence-corrected chi connectivity index (χ2v) is 6.49. The number of rotatable bonds is 10. The van der Waals surface area contributed by atoms with Crippen LogP contribution in [0.25, 0.3) is 0 Å². The first kappa shape index (κ1) is 21.5. The Morgan fingerprint density at radius 2 is 1.68 bits per heavy atom. The van der Waals surface area contributed by atoms with E-state index in [1.165, 1.54) is 12.8 Å². The molecule has 1 aromatic carbocycles. The van der Waals surface area contributed by atoms with Crippen LogP contribution >= 0.6 is 12.4 Å². The maximum atomic E-state index is 12.5. The second kappa shape index (κ2) is 11.1. The quantitative estimate of drug-likeness (QED) is 0.667. The number of hydrogen-bond donors (Lipinski definition) is 2. The van der Waals surface area contributed by atoms with Crippen molar-refractivity contribution in [3.63, 3.8) is 0 Å². The largest absolute Gasteiger partial charge is 0.339 e. The maximum Gasteiger partial charge on any atom is 0.253 e. The summed E-state index contributed by atoms with van der Waals surface area (Å²) < 4.78 is 0. The van der Waals surface area contributed by atoms with Gasteiger partial charge >= 0.3 is 0 Å². The molecule has 140 valence electrons. The molecule has 0 aliphatic heterocycles. The van der Waals surface area contributed by atoms with Crippen molar-refractivity contribution in [3.05, 3.63) is 29.8 Å². The minimum absolute atomic E-state index is 0. The first-order valence-electron chi connectivity index (χ1n) is 9.04. The van der Waals surface area contributed by atoms with E-state index in [4.69, 9.17) is 0 Å². The summed E-state index contributed by atoms with van der Waals surface area (Å²) in [6, 6.07) is 7.16. The van der Waals surface area contributed by atoms with Crippen molar-refractivity contribution in [3.8, 4) is 0 Å². The van der Waals surface area contributed by atoms with Crippen LogP contribution in [0.3, 0.4) is 0 Å². The van der Waals surface area contributed by atoms with Gasteiger partial charge in [0.2, 0.25) is 5.91 Å². The van der Waals surface area contributed by atoms with Crippen LogP contribution in [0.1, 0.15) is 49.9 Å². The van der Waals surface area contributed by atoms with Gasteiger partial charge in [-0.05, 0) is 62.4 Å². The molecule has 1 aliphatic rings. The smallest absolute Gasteiger partial charge is 0.253 e. The Balaban J connectivity index is 0.00000312. The summed E-state index contributed by atoms with van der Waals surface area (Å²) in [6.45, 7) is 6.96. The highest BCUT2D eigenvalue weighted by Crippen LogP contribution is 2.27. The minimum Gasteiger partial charge on any atom is -0.339 e. The fourth-order valence-electron chi connectivity index (χ4n) is 2.65. The summed E-state index contributed by atoms with van der Waals surface area (Å²) >= 11 is 0. The van der Waals surface area contributed by atoms with Gasteiger partial charge in [0.25, 0.3) is 5.91 Å². The van der Waals surface area contributed by atoms with E-state index in [1.807, 2.05) is 4.90 Å². The van der Waals surface area contributed by atoms with Crippen molar-refractivity contribution < 1.29 is 9.59 Å². The summed E-state index contributed by atoms with van der Waals surface area (Å²) in [5.74, 6) is 0.772. The molecule has 0 radical (unpaired) electrons. The molecule has 0 spiro atoms. The Morgan fingerprint density at radius 1 is 1.08 bits per heavy atom. The van der Waals surface area contributed by atoms with E-state index in [2.05, 4.69) is 24.5 Å². The SMILES string of the molecule is CCCN(CCC)C(=O)c1ccc(NC(=O)CNCC2CC2)cc1.Cl. The highest BCUT2D eigenvalue weighted by atomic mass is 35.5. The Bertz CT molecular complexity index is 538. The van der Waals surface area contributed by atoms with Crippen molar-refractivity contribution in [1.82, 2.24) is 10.2 Å². The summed E-state index contributed by atoms with van der Waals surface area (Å²) in [4.78, 5) is 26.2. The van der Waals surface area contributed by atoms with E-state index in [0.717, 1.165) is 44.1 Å². The number of nitrogens with zero attached hydrogens (tertiary/aromatic N) is 1. The first-order valence-corrected chi connectivity index (χ1v) is 9.04. The van der Waals surface area contributed by atoms with Gasteiger partial charge in [0.05, 0.1) is 6.54 Å². The highest BCUT2D eigenvalue weighted by Gasteiger charge is 2.20. The monoisotopic (exact) mass is 367 g/mol. The van der Waals surface area contributed by atoms with Gasteiger partial charge < -0.3 is 15.5 Å². The molecule has 25 heavy (non-hydrogen) atoms. The molecule has 1 aromatic rings. The van der Waals surface area contributed by atoms with Crippen molar-refractivity contribution in [2.75, 3.05) is 31.5 Å². The molecule has 5 nitrogen and oxygen atoms in total. The van der Waals surface area contributed by atoms with Gasteiger partial charge in [0.15, 0.2) is 0 Å². The molecule has 6 heteroatoms. The molecule has 2 amide bonds. The third-order valence-electron chi connectivity index (χ3n) is 4.11. The van der Waals surface area contributed by atoms with E-state index in [0.29, 0.717) is 12.1 Å². The number of nitrogens with one attached hydrogen (secondary N) is 2. The molecule has 2 rings (SSSR count). The van der Waals surface area contributed by atoms with Crippen LogP contribution in [-0.2, 0) is 4.79 Å². The number of benzene rings is 1. The number of halogens is 1. The van der Waals surface area contributed by atoms with E-state index >= 15 is 0 Å². The second-order valence-electron chi connectivity index (χ2n) is 6.49. The molecular formula is C19H30ClN3O2. The standard InChI is InChI=1S/C19H29N3O2.ClH/c1-3-11-22(12-4-2)19(24)16-7-9-17(10-8-16)21-18(23)14-20-13-15-5-6-15;/h7-10,15,20H,3-6,11-14H2,1-2H3,(H,21,23);1H. The molecule has 1 fully saturated rings. The van der Waals surface area contributed by atoms with Gasteiger partial charge in [-0.15, -0.1) is 12.4 Å². The third kappa shape index (κ3) is 7.45. The van der Waals surface area contributed by atoms with Crippen LogP contribution in [0.4, 0.5) is 5.69 Å². The molecule has 0 bridgehead atoms. The van der Waals surface area contributed by atoms with Crippen LogP contribution in [-0.4, -0.2) is 42.9 Å². The van der Waals surface area contributed by atoms with Gasteiger partial charge in [-0.25, -0.2) is 0 Å². The van der Waals surface area contributed by atoms with Gasteiger partial charge in [-0.2, -0.15) is 0 Å². The third-order valence-corrected chi connectivity index (χ3v) is 4.11. The number of amides is 2. The van der Waals surface area contributed by atoms with Crippen LogP contribution in [0.15, 0.2) is 24.3 Å². The van der Waals surface area contributed by atoms with E-state index in [1.54, 1.807) is 24.3 Å². The van der Waals surface area contributed by atoms with Gasteiger partial charge in [0.1, 0.15) is 0 Å². The number of carbonyl (C=O) groups excluding carboxylic acids is 2. The predicted molar refractivity (Wildman–Crippen MR) is 104 cm³/mol. The summed E-state index contributed by atoms with van der Waals surface area (Å²) in [5.41, 5.74) is 1.39. The van der Waals surface area contributed by atoms with E-state index in [-0.39, 0.29) is 24.2 Å². The van der Waals surface area contributed by atoms with Crippen LogP contribution in [0, 0.1) is 5.92 Å². The van der Waals surface area contributed by atoms with Crippen LogP contribution in [0.2, 0.25) is 0 Å². The van der Waals surface area contributed by atoms with Crippen LogP contribution in [0.5, 0.6) is 0 Å². The lowest BCUT2D eigenvalue weighted by Crippen LogP contribution is -2.32. The lowest BCUT2D eigenvalue weighted by Gasteiger charge is -2.21. The van der Waals surface area contributed by atoms with Crippen LogP contribution < -0.4 is 10.6 Å². The average molecular weight is 368 g/mol. The number of hydrogen-bond acceptors (Lipinski definition) is 3. The zero-order valence-electron chi connectivity index (χ0n) is 15.2. The molecule has 0 aromatic heterocycles. The molecule has 0 saturated heterocycles. The minimum atomic E-state index is -0.0479. The zero-order chi connectivity index (χ0) is 17.4. The average Bonchev–Trinajstić information content (AvgIpc) is 3.39. The fourth-order valence-corrected chi connectivity index (χ4v) is 2.65. The van der Waals surface area contributed by atoms with Crippen molar-refractivity contribution in [2.45, 2.75) is 39.5 Å². The molecule has 0 heterocycles. The molecule has 0 atom stereocenters. The maximum absolute atomic E-state index is 12.5. The molecule has 0 unspecified atom stereocenters. The van der Waals surface area contributed by atoms with Crippen molar-refractivity contribution in [1.29, 1.82) is 0 Å². The van der Waals surface area contributed by atoms with E-state index < -0.39 is 0 Å². The molecular weight excluding hydrogens is 338 g/mol. The Morgan fingerprint density at radius 3 is 2.20 bits per heavy atom. The van der Waals surface area contributed by atoms with Crippen molar-refractivity contribution >= 4 is 29.9 Å². The molecule has 1 aliphatic carbocycles. The van der Waals surface area contributed by atoms with Gasteiger partial charge in [0, 0.05) is 24.3 Å². The summed E-state index contributed by atoms with van der Waals surface area (Å²) in [5, 5.41) is 6.02. The Labute approximate surface area is 157 Å². The lowest BCUT2D eigenvalue weighted by molar-refractivity contribution is -0.115. The fraction of sp³-hybridized carbons (Fsp3) is 0.579. The van der Waals surface area contributed by atoms with Gasteiger partial charge in [-0.3, -0.25) is 9.59 Å². The predicted octanol–water partition coefficient (Wildman–Crippen LogP) is 3.31.